The second-order valence-corrected chi connectivity index (χ2v) is 2.26. The normalized spacial score (nSPS) is 10.3. The molecule has 5 nitrogen and oxygen atoms in total. The first kappa shape index (κ1) is 6.78. The molecule has 2 rings (SSSR count). The molecule has 0 unspecified atom stereocenters. The Morgan fingerprint density at radius 1 is 1.50 bits per heavy atom. The Labute approximate surface area is 67.3 Å². The topological polar surface area (TPSA) is 67.5 Å². The number of aromatic nitrogens is 3. The summed E-state index contributed by atoms with van der Waals surface area (Å²) in [6.45, 7) is 0. The van der Waals surface area contributed by atoms with Crippen LogP contribution >= 0.6 is 0 Å². The lowest BCUT2D eigenvalue weighted by Crippen LogP contribution is -2.03. The predicted molar refractivity (Wildman–Crippen MR) is 39.9 cm³/mol. The summed E-state index contributed by atoms with van der Waals surface area (Å²) in [5.74, 6) is -1.03. The molecule has 0 atom stereocenters. The highest BCUT2D eigenvalue weighted by Gasteiger charge is 2.09. The van der Waals surface area contributed by atoms with Crippen LogP contribution in [0.15, 0.2) is 24.8 Å². The van der Waals surface area contributed by atoms with E-state index in [0.29, 0.717) is 5.52 Å². The summed E-state index contributed by atoms with van der Waals surface area (Å²) in [7, 11) is 0. The van der Waals surface area contributed by atoms with Gasteiger partial charge >= 0.3 is 5.97 Å². The number of aromatic carboxylic acids is 1. The number of hydrogen-bond acceptors (Lipinski definition) is 3. The molecule has 0 saturated carbocycles. The SMILES string of the molecule is O=C(O)c1ncc2cnccn12. The summed E-state index contributed by atoms with van der Waals surface area (Å²) in [6, 6.07) is 0. The molecule has 0 bridgehead atoms. The maximum Gasteiger partial charge on any atom is 0.372 e. The summed E-state index contributed by atoms with van der Waals surface area (Å²) in [4.78, 5) is 18.1. The Morgan fingerprint density at radius 3 is 3.08 bits per heavy atom. The maximum atomic E-state index is 10.6. The van der Waals surface area contributed by atoms with Crippen molar-refractivity contribution in [1.29, 1.82) is 0 Å². The van der Waals surface area contributed by atoms with Gasteiger partial charge in [0.15, 0.2) is 0 Å². The van der Waals surface area contributed by atoms with E-state index in [9.17, 15) is 4.79 Å². The van der Waals surface area contributed by atoms with E-state index < -0.39 is 5.97 Å². The first-order chi connectivity index (χ1) is 5.79. The van der Waals surface area contributed by atoms with E-state index in [4.69, 9.17) is 5.11 Å². The highest BCUT2D eigenvalue weighted by molar-refractivity contribution is 5.84. The van der Waals surface area contributed by atoms with Crippen molar-refractivity contribution in [3.8, 4) is 0 Å². The molecule has 1 N–H and O–H groups in total. The van der Waals surface area contributed by atoms with E-state index >= 15 is 0 Å². The van der Waals surface area contributed by atoms with Crippen LogP contribution in [0.4, 0.5) is 0 Å². The van der Waals surface area contributed by atoms with Gasteiger partial charge in [0.25, 0.3) is 0 Å². The molecule has 0 radical (unpaired) electrons. The van der Waals surface area contributed by atoms with Crippen LogP contribution in [-0.2, 0) is 0 Å². The molecule has 0 saturated heterocycles. The van der Waals surface area contributed by atoms with Crippen molar-refractivity contribution in [1.82, 2.24) is 14.4 Å². The lowest BCUT2D eigenvalue weighted by molar-refractivity contribution is 0.0683. The molecular formula is C7H5N3O2. The Morgan fingerprint density at radius 2 is 2.33 bits per heavy atom. The minimum Gasteiger partial charge on any atom is -0.475 e. The number of nitrogens with zero attached hydrogens (tertiary/aromatic N) is 3. The van der Waals surface area contributed by atoms with Gasteiger partial charge in [0.2, 0.25) is 5.82 Å². The van der Waals surface area contributed by atoms with Crippen molar-refractivity contribution in [2.75, 3.05) is 0 Å². The first-order valence-corrected chi connectivity index (χ1v) is 3.29. The molecule has 0 amide bonds. The van der Waals surface area contributed by atoms with Crippen LogP contribution in [0, 0.1) is 0 Å². The van der Waals surface area contributed by atoms with E-state index in [2.05, 4.69) is 9.97 Å². The number of carboxylic acids is 1. The molecule has 0 spiro atoms. The maximum absolute atomic E-state index is 10.6. The van der Waals surface area contributed by atoms with Crippen molar-refractivity contribution < 1.29 is 9.90 Å². The van der Waals surface area contributed by atoms with Crippen molar-refractivity contribution in [3.63, 3.8) is 0 Å². The van der Waals surface area contributed by atoms with Crippen LogP contribution in [0.3, 0.4) is 0 Å². The molecule has 5 heteroatoms. The Bertz CT molecular complexity index is 435. The van der Waals surface area contributed by atoms with Gasteiger partial charge in [0.1, 0.15) is 0 Å². The van der Waals surface area contributed by atoms with Gasteiger partial charge in [-0.05, 0) is 0 Å². The number of hydrogen-bond donors (Lipinski definition) is 1. The van der Waals surface area contributed by atoms with Gasteiger partial charge in [-0.2, -0.15) is 0 Å². The third-order valence-electron chi connectivity index (χ3n) is 1.53. The first-order valence-electron chi connectivity index (χ1n) is 3.29. The van der Waals surface area contributed by atoms with Crippen LogP contribution < -0.4 is 0 Å². The second kappa shape index (κ2) is 2.30. The molecule has 0 aliphatic heterocycles. The number of carboxylic acid groups (broad SMARTS) is 1. The van der Waals surface area contributed by atoms with Gasteiger partial charge in [-0.3, -0.25) is 9.38 Å². The van der Waals surface area contributed by atoms with Gasteiger partial charge in [-0.25, -0.2) is 9.78 Å². The number of imidazole rings is 1. The minimum absolute atomic E-state index is 0.00685. The Balaban J connectivity index is 2.79. The predicted octanol–water partition coefficient (Wildman–Crippen LogP) is 0.427. The van der Waals surface area contributed by atoms with Crippen LogP contribution in [-0.4, -0.2) is 25.4 Å². The average molecular weight is 163 g/mol. The third kappa shape index (κ3) is 0.833. The largest absolute Gasteiger partial charge is 0.475 e. The third-order valence-corrected chi connectivity index (χ3v) is 1.53. The van der Waals surface area contributed by atoms with E-state index in [1.54, 1.807) is 12.4 Å². The lowest BCUT2D eigenvalue weighted by atomic mass is 10.5. The fourth-order valence-corrected chi connectivity index (χ4v) is 1.01. The molecular weight excluding hydrogens is 158 g/mol. The lowest BCUT2D eigenvalue weighted by Gasteiger charge is -1.92. The van der Waals surface area contributed by atoms with Crippen LogP contribution in [0.1, 0.15) is 10.6 Å². The summed E-state index contributed by atoms with van der Waals surface area (Å²) >= 11 is 0. The quantitative estimate of drug-likeness (QED) is 0.661. The zero-order valence-electron chi connectivity index (χ0n) is 6.01. The zero-order valence-corrected chi connectivity index (χ0v) is 6.01. The highest BCUT2D eigenvalue weighted by atomic mass is 16.4. The molecule has 12 heavy (non-hydrogen) atoms. The van der Waals surface area contributed by atoms with Gasteiger partial charge in [-0.1, -0.05) is 0 Å². The monoisotopic (exact) mass is 163 g/mol. The van der Waals surface area contributed by atoms with Gasteiger partial charge in [0.05, 0.1) is 17.9 Å². The molecule has 0 fully saturated rings. The van der Waals surface area contributed by atoms with Crippen LogP contribution in [0.2, 0.25) is 0 Å². The molecule has 0 aliphatic rings. The van der Waals surface area contributed by atoms with E-state index in [-0.39, 0.29) is 5.82 Å². The second-order valence-electron chi connectivity index (χ2n) is 2.26. The average Bonchev–Trinajstić information content (AvgIpc) is 2.47. The zero-order chi connectivity index (χ0) is 8.55. The fourth-order valence-electron chi connectivity index (χ4n) is 1.01. The van der Waals surface area contributed by atoms with Gasteiger partial charge in [0, 0.05) is 12.4 Å². The molecule has 0 aliphatic carbocycles. The number of fused-ring (bicyclic) bond motifs is 1. The standard InChI is InChI=1S/C7H5N3O2/c11-7(12)6-9-4-5-3-8-1-2-10(5)6/h1-4H,(H,11,12). The molecule has 0 aromatic carbocycles. The summed E-state index contributed by atoms with van der Waals surface area (Å²) in [5.41, 5.74) is 0.676. The van der Waals surface area contributed by atoms with E-state index in [0.717, 1.165) is 0 Å². The van der Waals surface area contributed by atoms with Gasteiger partial charge in [-0.15, -0.1) is 0 Å². The van der Waals surface area contributed by atoms with Crippen LogP contribution in [0.5, 0.6) is 0 Å². The van der Waals surface area contributed by atoms with Crippen molar-refractivity contribution >= 4 is 11.5 Å². The Hall–Kier alpha value is -1.91. The van der Waals surface area contributed by atoms with Crippen molar-refractivity contribution in [2.24, 2.45) is 0 Å². The summed E-state index contributed by atoms with van der Waals surface area (Å²) < 4.78 is 1.47. The molecule has 2 heterocycles. The number of carbonyl (C=O) groups is 1. The van der Waals surface area contributed by atoms with Crippen molar-refractivity contribution in [3.05, 3.63) is 30.6 Å². The number of rotatable bonds is 1. The fraction of sp³-hybridized carbons (Fsp3) is 0. The molecule has 2 aromatic heterocycles. The smallest absolute Gasteiger partial charge is 0.372 e. The minimum atomic E-state index is -1.04. The highest BCUT2D eigenvalue weighted by Crippen LogP contribution is 2.03. The molecule has 60 valence electrons. The molecule has 2 aromatic rings. The summed E-state index contributed by atoms with van der Waals surface area (Å²) in [6.07, 6.45) is 6.10. The van der Waals surface area contributed by atoms with Crippen molar-refractivity contribution in [2.45, 2.75) is 0 Å². The summed E-state index contributed by atoms with van der Waals surface area (Å²) in [5, 5.41) is 8.67. The van der Waals surface area contributed by atoms with Gasteiger partial charge < -0.3 is 5.11 Å². The Kier molecular flexibility index (Phi) is 1.30. The van der Waals surface area contributed by atoms with E-state index in [1.165, 1.54) is 16.8 Å². The van der Waals surface area contributed by atoms with Crippen LogP contribution in [0.25, 0.3) is 5.52 Å². The van der Waals surface area contributed by atoms with E-state index in [1.807, 2.05) is 0 Å².